The van der Waals surface area contributed by atoms with Crippen LogP contribution in [0, 0.1) is 5.92 Å². The van der Waals surface area contributed by atoms with Gasteiger partial charge in [-0.05, 0) is 18.8 Å². The van der Waals surface area contributed by atoms with E-state index in [1.165, 1.54) is 0 Å². The molecular formula is C18H26N8O3S. The number of nitrogen functional groups attached to an aromatic ring is 1. The highest BCUT2D eigenvalue weighted by atomic mass is 32.2. The van der Waals surface area contributed by atoms with E-state index >= 15 is 0 Å². The summed E-state index contributed by atoms with van der Waals surface area (Å²) in [7, 11) is 0. The van der Waals surface area contributed by atoms with Gasteiger partial charge in [0, 0.05) is 49.9 Å². The molecule has 12 heteroatoms. The number of aromatic nitrogens is 5. The van der Waals surface area contributed by atoms with Crippen LogP contribution >= 0.6 is 0 Å². The van der Waals surface area contributed by atoms with Gasteiger partial charge in [0.15, 0.2) is 5.82 Å². The van der Waals surface area contributed by atoms with E-state index < -0.39 is 11.4 Å². The van der Waals surface area contributed by atoms with Crippen LogP contribution in [0.25, 0.3) is 11.4 Å². The number of hydrogen-bond donors (Lipinski definition) is 1. The summed E-state index contributed by atoms with van der Waals surface area (Å²) in [5.41, 5.74) is 6.24. The number of hydrogen-bond acceptors (Lipinski definition) is 11. The van der Waals surface area contributed by atoms with Crippen LogP contribution in [0.4, 0.5) is 11.9 Å². The van der Waals surface area contributed by atoms with Gasteiger partial charge in [0.2, 0.25) is 11.9 Å². The summed E-state index contributed by atoms with van der Waals surface area (Å²) >= 11 is -0.916. The first-order chi connectivity index (χ1) is 14.6. The first-order valence-electron chi connectivity index (χ1n) is 9.96. The fourth-order valence-corrected chi connectivity index (χ4v) is 4.15. The van der Waals surface area contributed by atoms with Gasteiger partial charge in [-0.15, -0.1) is 4.31 Å². The Bertz CT molecular complexity index is 827. The minimum Gasteiger partial charge on any atom is -0.598 e. The molecule has 0 bridgehead atoms. The first-order valence-corrected chi connectivity index (χ1v) is 11.5. The van der Waals surface area contributed by atoms with Crippen molar-refractivity contribution >= 4 is 23.3 Å². The SMILES string of the molecule is C[S+]([O-])N1CCC(COc2nc(-c3cnc(N)nc3)nc(N3CCOCC3)n2)CC1. The third-order valence-corrected chi connectivity index (χ3v) is 6.30. The molecule has 2 aromatic rings. The number of morpholine rings is 1. The molecule has 2 aliphatic rings. The summed E-state index contributed by atoms with van der Waals surface area (Å²) in [4.78, 5) is 23.7. The van der Waals surface area contributed by atoms with E-state index in [0.29, 0.717) is 56.2 Å². The van der Waals surface area contributed by atoms with Crippen LogP contribution in [0.2, 0.25) is 0 Å². The first kappa shape index (κ1) is 21.0. The molecule has 2 fully saturated rings. The fraction of sp³-hybridized carbons (Fsp3) is 0.611. The molecule has 0 amide bonds. The summed E-state index contributed by atoms with van der Waals surface area (Å²) in [6.07, 6.45) is 6.76. The summed E-state index contributed by atoms with van der Waals surface area (Å²) in [5, 5.41) is 0. The van der Waals surface area contributed by atoms with Crippen molar-refractivity contribution in [2.45, 2.75) is 12.8 Å². The van der Waals surface area contributed by atoms with Crippen molar-refractivity contribution in [1.29, 1.82) is 0 Å². The number of nitrogens with zero attached hydrogens (tertiary/aromatic N) is 7. The van der Waals surface area contributed by atoms with E-state index in [0.717, 1.165) is 25.9 Å². The van der Waals surface area contributed by atoms with Crippen molar-refractivity contribution < 1.29 is 14.0 Å². The molecule has 1 atom stereocenters. The zero-order chi connectivity index (χ0) is 20.9. The van der Waals surface area contributed by atoms with E-state index in [2.05, 4.69) is 29.8 Å². The predicted octanol–water partition coefficient (Wildman–Crippen LogP) is 0.132. The Morgan fingerprint density at radius 1 is 1.13 bits per heavy atom. The molecule has 162 valence electrons. The second kappa shape index (κ2) is 9.69. The largest absolute Gasteiger partial charge is 0.598 e. The molecular weight excluding hydrogens is 408 g/mol. The Balaban J connectivity index is 1.49. The lowest BCUT2D eigenvalue weighted by Crippen LogP contribution is -2.39. The average molecular weight is 435 g/mol. The molecule has 2 saturated heterocycles. The normalized spacial score (nSPS) is 19.6. The van der Waals surface area contributed by atoms with Crippen LogP contribution in [0.5, 0.6) is 6.01 Å². The molecule has 2 N–H and O–H groups in total. The Hall–Kier alpha value is -2.28. The maximum absolute atomic E-state index is 11.6. The Kier molecular flexibility index (Phi) is 6.77. The van der Waals surface area contributed by atoms with Gasteiger partial charge in [-0.25, -0.2) is 9.97 Å². The minimum atomic E-state index is -0.916. The van der Waals surface area contributed by atoms with E-state index in [9.17, 15) is 4.55 Å². The van der Waals surface area contributed by atoms with Gasteiger partial charge < -0.3 is 24.7 Å². The van der Waals surface area contributed by atoms with Gasteiger partial charge in [-0.2, -0.15) is 15.0 Å². The summed E-state index contributed by atoms with van der Waals surface area (Å²) in [6.45, 7) is 4.78. The highest BCUT2D eigenvalue weighted by Crippen LogP contribution is 2.23. The lowest BCUT2D eigenvalue weighted by molar-refractivity contribution is 0.121. The number of rotatable bonds is 6. The van der Waals surface area contributed by atoms with E-state index in [1.54, 1.807) is 18.6 Å². The van der Waals surface area contributed by atoms with Gasteiger partial charge in [0.05, 0.1) is 25.4 Å². The molecule has 11 nitrogen and oxygen atoms in total. The van der Waals surface area contributed by atoms with Gasteiger partial charge in [0.1, 0.15) is 6.26 Å². The van der Waals surface area contributed by atoms with Crippen molar-refractivity contribution in [2.24, 2.45) is 5.92 Å². The van der Waals surface area contributed by atoms with Crippen LogP contribution in [-0.4, -0.2) is 86.0 Å². The summed E-state index contributed by atoms with van der Waals surface area (Å²) in [6, 6.07) is 0.278. The predicted molar refractivity (Wildman–Crippen MR) is 112 cm³/mol. The third-order valence-electron chi connectivity index (χ3n) is 5.21. The van der Waals surface area contributed by atoms with Crippen molar-refractivity contribution in [1.82, 2.24) is 29.2 Å². The van der Waals surface area contributed by atoms with E-state index in [4.69, 9.17) is 15.2 Å². The molecule has 4 rings (SSSR count). The Labute approximate surface area is 178 Å². The fourth-order valence-electron chi connectivity index (χ4n) is 3.42. The Morgan fingerprint density at radius 3 is 2.50 bits per heavy atom. The third kappa shape index (κ3) is 5.25. The van der Waals surface area contributed by atoms with Crippen molar-refractivity contribution in [3.8, 4) is 17.4 Å². The highest BCUT2D eigenvalue weighted by Gasteiger charge is 2.25. The standard InChI is InChI=1S/C18H26N8O3S/c1-30(27)26-4-2-13(3-5-26)12-29-18-23-15(14-10-20-16(19)21-11-14)22-17(24-18)25-6-8-28-9-7-25/h10-11,13H,2-9,12H2,1H3,(H2,19,20,21). The molecule has 1 unspecified atom stereocenters. The molecule has 2 aromatic heterocycles. The smallest absolute Gasteiger partial charge is 0.321 e. The van der Waals surface area contributed by atoms with Crippen molar-refractivity contribution in [3.05, 3.63) is 12.4 Å². The molecule has 4 heterocycles. The number of piperidine rings is 1. The van der Waals surface area contributed by atoms with Crippen LogP contribution in [0.15, 0.2) is 12.4 Å². The molecule has 0 aliphatic carbocycles. The topological polar surface area (TPSA) is 138 Å². The lowest BCUT2D eigenvalue weighted by Gasteiger charge is -2.30. The molecule has 0 radical (unpaired) electrons. The van der Waals surface area contributed by atoms with Crippen LogP contribution < -0.4 is 15.4 Å². The maximum atomic E-state index is 11.6. The average Bonchev–Trinajstić information content (AvgIpc) is 2.79. The van der Waals surface area contributed by atoms with Gasteiger partial charge in [0.25, 0.3) is 0 Å². The lowest BCUT2D eigenvalue weighted by atomic mass is 9.99. The molecule has 30 heavy (non-hydrogen) atoms. The minimum absolute atomic E-state index is 0.192. The van der Waals surface area contributed by atoms with Crippen molar-refractivity contribution in [2.75, 3.05) is 62.9 Å². The molecule has 0 saturated carbocycles. The summed E-state index contributed by atoms with van der Waals surface area (Å²) < 4.78 is 25.0. The number of ether oxygens (including phenoxy) is 2. The van der Waals surface area contributed by atoms with Crippen LogP contribution in [0.1, 0.15) is 12.8 Å². The quantitative estimate of drug-likeness (QED) is 0.621. The van der Waals surface area contributed by atoms with Crippen LogP contribution in [0.3, 0.4) is 0 Å². The Morgan fingerprint density at radius 2 is 1.83 bits per heavy atom. The zero-order valence-electron chi connectivity index (χ0n) is 16.9. The second-order valence-corrected chi connectivity index (χ2v) is 8.64. The van der Waals surface area contributed by atoms with E-state index in [1.807, 2.05) is 4.31 Å². The maximum Gasteiger partial charge on any atom is 0.321 e. The number of nitrogens with two attached hydrogens (primary N) is 1. The van der Waals surface area contributed by atoms with Gasteiger partial charge in [-0.1, -0.05) is 0 Å². The zero-order valence-corrected chi connectivity index (χ0v) is 17.8. The van der Waals surface area contributed by atoms with Crippen LogP contribution in [-0.2, 0) is 16.1 Å². The van der Waals surface area contributed by atoms with Gasteiger partial charge in [-0.3, -0.25) is 0 Å². The molecule has 0 aromatic carbocycles. The number of anilines is 2. The molecule has 0 spiro atoms. The van der Waals surface area contributed by atoms with E-state index in [-0.39, 0.29) is 12.0 Å². The summed E-state index contributed by atoms with van der Waals surface area (Å²) in [5.74, 6) is 1.55. The van der Waals surface area contributed by atoms with Crippen molar-refractivity contribution in [3.63, 3.8) is 0 Å². The second-order valence-electron chi connectivity index (χ2n) is 7.28. The monoisotopic (exact) mass is 434 g/mol. The molecule has 2 aliphatic heterocycles. The highest BCUT2D eigenvalue weighted by molar-refractivity contribution is 7.88. The van der Waals surface area contributed by atoms with Gasteiger partial charge >= 0.3 is 6.01 Å².